The molecule has 1 amide bonds. The summed E-state index contributed by atoms with van der Waals surface area (Å²) in [7, 11) is 0. The molecule has 1 aromatic heterocycles. The molecule has 0 aliphatic carbocycles. The number of nitrogens with one attached hydrogen (secondary N) is 1. The number of carbonyl (C=O) groups excluding carboxylic acids is 1. The van der Waals surface area contributed by atoms with Gasteiger partial charge in [0.2, 0.25) is 12.0 Å². The van der Waals surface area contributed by atoms with Gasteiger partial charge >= 0.3 is 0 Å². The van der Waals surface area contributed by atoms with Crippen LogP contribution in [0.2, 0.25) is 0 Å². The number of amides is 1. The predicted octanol–water partition coefficient (Wildman–Crippen LogP) is -0.205. The van der Waals surface area contributed by atoms with Crippen LogP contribution in [0.3, 0.4) is 0 Å². The number of aromatic nitrogens is 2. The van der Waals surface area contributed by atoms with Crippen LogP contribution in [-0.2, 0) is 9.53 Å². The highest BCUT2D eigenvalue weighted by molar-refractivity contribution is 5.99. The van der Waals surface area contributed by atoms with E-state index in [4.69, 9.17) is 15.2 Å². The van der Waals surface area contributed by atoms with Gasteiger partial charge in [-0.2, -0.15) is 4.98 Å². The van der Waals surface area contributed by atoms with Crippen LogP contribution in [0.25, 0.3) is 0 Å². The summed E-state index contributed by atoms with van der Waals surface area (Å²) in [5.74, 6) is 0.160. The van der Waals surface area contributed by atoms with Gasteiger partial charge in [0.05, 0.1) is 6.61 Å². The third-order valence-corrected chi connectivity index (χ3v) is 2.11. The second kappa shape index (κ2) is 4.31. The van der Waals surface area contributed by atoms with Crippen LogP contribution < -0.4 is 15.8 Å². The minimum absolute atomic E-state index is 0.186. The van der Waals surface area contributed by atoms with E-state index in [1.165, 1.54) is 6.33 Å². The summed E-state index contributed by atoms with van der Waals surface area (Å²) in [5, 5.41) is 2.59. The molecule has 0 spiro atoms. The molecule has 16 heavy (non-hydrogen) atoms. The summed E-state index contributed by atoms with van der Waals surface area (Å²) in [6, 6.07) is 0. The number of hydrogen-bond acceptors (Lipinski definition) is 6. The Bertz CT molecular complexity index is 410. The Morgan fingerprint density at radius 2 is 2.44 bits per heavy atom. The lowest BCUT2D eigenvalue weighted by molar-refractivity contribution is -0.126. The number of carbonyl (C=O) groups is 1. The number of nitrogens with zero attached hydrogens (tertiary/aromatic N) is 2. The van der Waals surface area contributed by atoms with Crippen molar-refractivity contribution in [2.75, 3.05) is 24.3 Å². The number of nitrogens with two attached hydrogens (primary N) is 1. The van der Waals surface area contributed by atoms with E-state index in [2.05, 4.69) is 15.3 Å². The second-order valence-corrected chi connectivity index (χ2v) is 3.19. The van der Waals surface area contributed by atoms with E-state index in [1.807, 2.05) is 6.92 Å². The second-order valence-electron chi connectivity index (χ2n) is 3.19. The molecule has 0 aromatic carbocycles. The van der Waals surface area contributed by atoms with E-state index in [1.54, 1.807) is 0 Å². The molecule has 0 saturated carbocycles. The van der Waals surface area contributed by atoms with Gasteiger partial charge in [-0.1, -0.05) is 0 Å². The van der Waals surface area contributed by atoms with E-state index in [-0.39, 0.29) is 24.2 Å². The summed E-state index contributed by atoms with van der Waals surface area (Å²) in [5.41, 5.74) is 5.89. The summed E-state index contributed by atoms with van der Waals surface area (Å²) >= 11 is 0. The molecule has 7 nitrogen and oxygen atoms in total. The normalized spacial score (nSPS) is 18.6. The highest BCUT2D eigenvalue weighted by atomic mass is 16.5. The quantitative estimate of drug-likeness (QED) is 0.737. The molecule has 0 radical (unpaired) electrons. The number of fused-ring (bicyclic) bond motifs is 1. The van der Waals surface area contributed by atoms with E-state index < -0.39 is 6.10 Å². The molecule has 0 saturated heterocycles. The van der Waals surface area contributed by atoms with Crippen LogP contribution in [-0.4, -0.2) is 35.2 Å². The molecule has 1 atom stereocenters. The maximum absolute atomic E-state index is 11.6. The molecule has 7 heteroatoms. The highest BCUT2D eigenvalue weighted by Crippen LogP contribution is 2.30. The first-order valence-corrected chi connectivity index (χ1v) is 4.88. The molecular formula is C9H12N4O3. The zero-order chi connectivity index (χ0) is 11.5. The van der Waals surface area contributed by atoms with Gasteiger partial charge in [0, 0.05) is 6.61 Å². The van der Waals surface area contributed by atoms with Gasteiger partial charge in [-0.25, -0.2) is 4.98 Å². The smallest absolute Gasteiger partial charge is 0.268 e. The van der Waals surface area contributed by atoms with Crippen LogP contribution in [0.1, 0.15) is 6.92 Å². The maximum atomic E-state index is 11.6. The fraction of sp³-hybridized carbons (Fsp3) is 0.444. The molecule has 86 valence electrons. The molecular weight excluding hydrogens is 212 g/mol. The Labute approximate surface area is 92.0 Å². The maximum Gasteiger partial charge on any atom is 0.268 e. The van der Waals surface area contributed by atoms with Crippen LogP contribution in [0.5, 0.6) is 5.88 Å². The molecule has 1 aliphatic heterocycles. The fourth-order valence-electron chi connectivity index (χ4n) is 1.32. The zero-order valence-electron chi connectivity index (χ0n) is 8.77. The minimum Gasteiger partial charge on any atom is -0.460 e. The molecule has 2 heterocycles. The summed E-state index contributed by atoms with van der Waals surface area (Å²) < 4.78 is 10.5. The number of nitrogen functional groups attached to an aromatic ring is 1. The van der Waals surface area contributed by atoms with Crippen molar-refractivity contribution in [1.82, 2.24) is 9.97 Å². The summed E-state index contributed by atoms with van der Waals surface area (Å²) in [6.07, 6.45) is 0.588. The number of hydrogen-bond donors (Lipinski definition) is 2. The first-order chi connectivity index (χ1) is 7.72. The van der Waals surface area contributed by atoms with E-state index in [9.17, 15) is 4.79 Å². The Balaban J connectivity index is 2.19. The molecule has 0 bridgehead atoms. The third-order valence-electron chi connectivity index (χ3n) is 2.11. The lowest BCUT2D eigenvalue weighted by Gasteiger charge is -2.24. The van der Waals surface area contributed by atoms with Crippen molar-refractivity contribution >= 4 is 17.4 Å². The minimum atomic E-state index is -0.693. The van der Waals surface area contributed by atoms with Crippen molar-refractivity contribution in [3.05, 3.63) is 6.33 Å². The molecule has 0 fully saturated rings. The van der Waals surface area contributed by atoms with Gasteiger partial charge in [0.25, 0.3) is 5.91 Å². The predicted molar refractivity (Wildman–Crippen MR) is 56.0 cm³/mol. The molecule has 1 aromatic rings. The standard InChI is InChI=1S/C9H12N4O3/c1-2-15-3-5-8(14)13-6-7(10)11-4-12-9(6)16-5/h4-5H,2-3H2,1H3,(H,13,14)(H2,10,11,12). The molecule has 3 N–H and O–H groups in total. The van der Waals surface area contributed by atoms with Gasteiger partial charge in [-0.15, -0.1) is 0 Å². The highest BCUT2D eigenvalue weighted by Gasteiger charge is 2.30. The van der Waals surface area contributed by atoms with Crippen molar-refractivity contribution in [2.45, 2.75) is 13.0 Å². The van der Waals surface area contributed by atoms with Crippen molar-refractivity contribution in [1.29, 1.82) is 0 Å². The lowest BCUT2D eigenvalue weighted by Crippen LogP contribution is -2.41. The third kappa shape index (κ3) is 1.89. The van der Waals surface area contributed by atoms with Crippen molar-refractivity contribution in [2.24, 2.45) is 0 Å². The van der Waals surface area contributed by atoms with Crippen molar-refractivity contribution in [3.8, 4) is 5.88 Å². The van der Waals surface area contributed by atoms with Crippen LogP contribution in [0, 0.1) is 0 Å². The van der Waals surface area contributed by atoms with E-state index >= 15 is 0 Å². The van der Waals surface area contributed by atoms with Gasteiger partial charge in [-0.3, -0.25) is 4.79 Å². The zero-order valence-corrected chi connectivity index (χ0v) is 8.77. The largest absolute Gasteiger partial charge is 0.460 e. The Morgan fingerprint density at radius 1 is 1.62 bits per heavy atom. The molecule has 1 unspecified atom stereocenters. The van der Waals surface area contributed by atoms with E-state index in [0.29, 0.717) is 12.3 Å². The Morgan fingerprint density at radius 3 is 3.19 bits per heavy atom. The average Bonchev–Trinajstić information content (AvgIpc) is 2.28. The van der Waals surface area contributed by atoms with Crippen molar-refractivity contribution in [3.63, 3.8) is 0 Å². The lowest BCUT2D eigenvalue weighted by atomic mass is 10.3. The van der Waals surface area contributed by atoms with Crippen molar-refractivity contribution < 1.29 is 14.3 Å². The summed E-state index contributed by atoms with van der Waals surface area (Å²) in [6.45, 7) is 2.55. The summed E-state index contributed by atoms with van der Waals surface area (Å²) in [4.78, 5) is 19.2. The van der Waals surface area contributed by atoms with Gasteiger partial charge in [0.15, 0.2) is 5.82 Å². The fourth-order valence-corrected chi connectivity index (χ4v) is 1.32. The Hall–Kier alpha value is -1.89. The Kier molecular flexibility index (Phi) is 2.86. The van der Waals surface area contributed by atoms with Crippen LogP contribution in [0.4, 0.5) is 11.5 Å². The molecule has 2 rings (SSSR count). The first-order valence-electron chi connectivity index (χ1n) is 4.88. The number of anilines is 2. The number of ether oxygens (including phenoxy) is 2. The van der Waals surface area contributed by atoms with Gasteiger partial charge in [-0.05, 0) is 6.92 Å². The average molecular weight is 224 g/mol. The van der Waals surface area contributed by atoms with E-state index in [0.717, 1.165) is 0 Å². The van der Waals surface area contributed by atoms with Gasteiger partial charge in [0.1, 0.15) is 12.0 Å². The van der Waals surface area contributed by atoms with Gasteiger partial charge < -0.3 is 20.5 Å². The first kappa shape index (κ1) is 10.6. The van der Waals surface area contributed by atoms with Crippen LogP contribution >= 0.6 is 0 Å². The SMILES string of the molecule is CCOCC1Oc2ncnc(N)c2NC1=O. The number of rotatable bonds is 3. The monoisotopic (exact) mass is 224 g/mol. The topological polar surface area (TPSA) is 99.4 Å². The molecule has 1 aliphatic rings. The van der Waals surface area contributed by atoms with Crippen LogP contribution in [0.15, 0.2) is 6.33 Å².